The number of carbonyl (C=O) groups excluding carboxylic acids is 1. The summed E-state index contributed by atoms with van der Waals surface area (Å²) in [6.45, 7) is 3.97. The lowest BCUT2D eigenvalue weighted by atomic mass is 10.1. The molecule has 1 saturated carbocycles. The Labute approximate surface area is 125 Å². The maximum Gasteiger partial charge on any atom is 0.253 e. The van der Waals surface area contributed by atoms with Crippen molar-refractivity contribution in [2.45, 2.75) is 32.7 Å². The highest BCUT2D eigenvalue weighted by atomic mass is 16.1. The predicted octanol–water partition coefficient (Wildman–Crippen LogP) is 3.59. The van der Waals surface area contributed by atoms with Crippen LogP contribution >= 0.6 is 0 Å². The summed E-state index contributed by atoms with van der Waals surface area (Å²) in [6.07, 6.45) is 2.46. The Morgan fingerprint density at radius 1 is 1.19 bits per heavy atom. The van der Waals surface area contributed by atoms with E-state index in [1.165, 1.54) is 12.8 Å². The van der Waals surface area contributed by atoms with E-state index >= 15 is 0 Å². The summed E-state index contributed by atoms with van der Waals surface area (Å²) in [4.78, 5) is 16.9. The molecule has 108 valence electrons. The second-order valence-corrected chi connectivity index (χ2v) is 5.80. The summed E-state index contributed by atoms with van der Waals surface area (Å²) < 4.78 is 0. The van der Waals surface area contributed by atoms with E-state index in [4.69, 9.17) is 0 Å². The van der Waals surface area contributed by atoms with E-state index in [0.717, 1.165) is 17.0 Å². The normalized spacial score (nSPS) is 15.5. The van der Waals surface area contributed by atoms with Gasteiger partial charge in [-0.05, 0) is 44.7 Å². The third-order valence-corrected chi connectivity index (χ3v) is 4.09. The number of aromatic nitrogens is 1. The van der Waals surface area contributed by atoms with Crippen molar-refractivity contribution < 1.29 is 4.79 Å². The van der Waals surface area contributed by atoms with Crippen LogP contribution in [-0.4, -0.2) is 16.9 Å². The summed E-state index contributed by atoms with van der Waals surface area (Å²) in [5.41, 5.74) is 3.41. The third kappa shape index (κ3) is 3.13. The molecule has 0 aliphatic heterocycles. The molecule has 1 aliphatic rings. The standard InChI is InChI=1S/C18H20N2O/c1-12(14-8-9-14)20-18(21)16-10-11-17(19-13(16)2)15-6-4-3-5-7-15/h3-7,10-12,14H,8-9H2,1-2H3,(H,20,21). The van der Waals surface area contributed by atoms with Crippen molar-refractivity contribution in [3.8, 4) is 11.3 Å². The molecule has 3 heteroatoms. The topological polar surface area (TPSA) is 42.0 Å². The average Bonchev–Trinajstić information content (AvgIpc) is 3.32. The summed E-state index contributed by atoms with van der Waals surface area (Å²) in [5, 5.41) is 3.08. The first-order valence-corrected chi connectivity index (χ1v) is 7.49. The molecule has 1 fully saturated rings. The van der Waals surface area contributed by atoms with Gasteiger partial charge in [0.05, 0.1) is 17.0 Å². The highest BCUT2D eigenvalue weighted by molar-refractivity contribution is 5.95. The number of rotatable bonds is 4. The second-order valence-electron chi connectivity index (χ2n) is 5.80. The van der Waals surface area contributed by atoms with Gasteiger partial charge in [0.15, 0.2) is 0 Å². The molecule has 1 heterocycles. The third-order valence-electron chi connectivity index (χ3n) is 4.09. The molecule has 3 nitrogen and oxygen atoms in total. The Morgan fingerprint density at radius 2 is 1.90 bits per heavy atom. The first kappa shape index (κ1) is 13.8. The summed E-state index contributed by atoms with van der Waals surface area (Å²) >= 11 is 0. The molecule has 0 bridgehead atoms. The van der Waals surface area contributed by atoms with Gasteiger partial charge in [0.2, 0.25) is 0 Å². The van der Waals surface area contributed by atoms with E-state index in [1.807, 2.05) is 49.4 Å². The lowest BCUT2D eigenvalue weighted by molar-refractivity contribution is 0.0935. The number of amides is 1. The molecular weight excluding hydrogens is 260 g/mol. The zero-order chi connectivity index (χ0) is 14.8. The van der Waals surface area contributed by atoms with Crippen LogP contribution in [0, 0.1) is 12.8 Å². The van der Waals surface area contributed by atoms with Crippen molar-refractivity contribution in [1.82, 2.24) is 10.3 Å². The van der Waals surface area contributed by atoms with Crippen LogP contribution in [-0.2, 0) is 0 Å². The molecular formula is C18H20N2O. The molecule has 1 aromatic heterocycles. The Hall–Kier alpha value is -2.16. The number of benzene rings is 1. The number of aryl methyl sites for hydroxylation is 1. The van der Waals surface area contributed by atoms with Crippen molar-refractivity contribution >= 4 is 5.91 Å². The van der Waals surface area contributed by atoms with Gasteiger partial charge in [-0.3, -0.25) is 9.78 Å². The number of hydrogen-bond acceptors (Lipinski definition) is 2. The van der Waals surface area contributed by atoms with Crippen LogP contribution in [0.1, 0.15) is 35.8 Å². The van der Waals surface area contributed by atoms with Gasteiger partial charge >= 0.3 is 0 Å². The number of carbonyl (C=O) groups is 1. The molecule has 21 heavy (non-hydrogen) atoms. The Morgan fingerprint density at radius 3 is 2.52 bits per heavy atom. The van der Waals surface area contributed by atoms with Gasteiger partial charge in [0.25, 0.3) is 5.91 Å². The fraction of sp³-hybridized carbons (Fsp3) is 0.333. The van der Waals surface area contributed by atoms with Crippen molar-refractivity contribution in [2.24, 2.45) is 5.92 Å². The lowest BCUT2D eigenvalue weighted by Crippen LogP contribution is -2.34. The zero-order valence-corrected chi connectivity index (χ0v) is 12.5. The zero-order valence-electron chi connectivity index (χ0n) is 12.5. The van der Waals surface area contributed by atoms with Gasteiger partial charge in [-0.1, -0.05) is 30.3 Å². The highest BCUT2D eigenvalue weighted by Gasteiger charge is 2.29. The molecule has 1 aromatic carbocycles. The van der Waals surface area contributed by atoms with Gasteiger partial charge in [-0.15, -0.1) is 0 Å². The van der Waals surface area contributed by atoms with E-state index in [-0.39, 0.29) is 11.9 Å². The van der Waals surface area contributed by atoms with Crippen molar-refractivity contribution in [1.29, 1.82) is 0 Å². The Balaban J connectivity index is 1.79. The Kier molecular flexibility index (Phi) is 3.74. The fourth-order valence-corrected chi connectivity index (χ4v) is 2.57. The van der Waals surface area contributed by atoms with Crippen molar-refractivity contribution in [2.75, 3.05) is 0 Å². The SMILES string of the molecule is Cc1nc(-c2ccccc2)ccc1C(=O)NC(C)C1CC1. The smallest absolute Gasteiger partial charge is 0.253 e. The van der Waals surface area contributed by atoms with Gasteiger partial charge in [0, 0.05) is 11.6 Å². The quantitative estimate of drug-likeness (QED) is 0.930. The number of pyridine rings is 1. The summed E-state index contributed by atoms with van der Waals surface area (Å²) in [6, 6.07) is 14.1. The first-order valence-electron chi connectivity index (χ1n) is 7.49. The molecule has 3 rings (SSSR count). The minimum Gasteiger partial charge on any atom is -0.349 e. The van der Waals surface area contributed by atoms with Crippen molar-refractivity contribution in [3.63, 3.8) is 0 Å². The largest absolute Gasteiger partial charge is 0.349 e. The van der Waals surface area contributed by atoms with Gasteiger partial charge < -0.3 is 5.32 Å². The maximum atomic E-state index is 12.3. The maximum absolute atomic E-state index is 12.3. The lowest BCUT2D eigenvalue weighted by Gasteiger charge is -2.14. The van der Waals surface area contributed by atoms with Crippen LogP contribution in [0.3, 0.4) is 0 Å². The molecule has 0 radical (unpaired) electrons. The van der Waals surface area contributed by atoms with E-state index in [0.29, 0.717) is 11.5 Å². The van der Waals surface area contributed by atoms with Crippen LogP contribution in [0.15, 0.2) is 42.5 Å². The second kappa shape index (κ2) is 5.68. The summed E-state index contributed by atoms with van der Waals surface area (Å²) in [7, 11) is 0. The van der Waals surface area contributed by atoms with E-state index in [2.05, 4.69) is 17.2 Å². The van der Waals surface area contributed by atoms with Crippen LogP contribution in [0.5, 0.6) is 0 Å². The summed E-state index contributed by atoms with van der Waals surface area (Å²) in [5.74, 6) is 0.643. The molecule has 2 aromatic rings. The van der Waals surface area contributed by atoms with E-state index < -0.39 is 0 Å². The van der Waals surface area contributed by atoms with Crippen LogP contribution in [0.2, 0.25) is 0 Å². The minimum absolute atomic E-state index is 0.0148. The van der Waals surface area contributed by atoms with Gasteiger partial charge in [-0.25, -0.2) is 0 Å². The van der Waals surface area contributed by atoms with Crippen molar-refractivity contribution in [3.05, 3.63) is 53.7 Å². The highest BCUT2D eigenvalue weighted by Crippen LogP contribution is 2.32. The Bertz CT molecular complexity index is 648. The minimum atomic E-state index is -0.0148. The van der Waals surface area contributed by atoms with Crippen LogP contribution < -0.4 is 5.32 Å². The van der Waals surface area contributed by atoms with Gasteiger partial charge in [-0.2, -0.15) is 0 Å². The van der Waals surface area contributed by atoms with Crippen LogP contribution in [0.4, 0.5) is 0 Å². The van der Waals surface area contributed by atoms with Gasteiger partial charge in [0.1, 0.15) is 0 Å². The molecule has 0 spiro atoms. The van der Waals surface area contributed by atoms with Crippen LogP contribution in [0.25, 0.3) is 11.3 Å². The monoisotopic (exact) mass is 280 g/mol. The molecule has 1 N–H and O–H groups in total. The molecule has 1 aliphatic carbocycles. The predicted molar refractivity (Wildman–Crippen MR) is 84.1 cm³/mol. The number of hydrogen-bond donors (Lipinski definition) is 1. The fourth-order valence-electron chi connectivity index (χ4n) is 2.57. The number of nitrogens with zero attached hydrogens (tertiary/aromatic N) is 1. The average molecular weight is 280 g/mol. The number of nitrogens with one attached hydrogen (secondary N) is 1. The van der Waals surface area contributed by atoms with E-state index in [9.17, 15) is 4.79 Å². The molecule has 1 amide bonds. The molecule has 0 saturated heterocycles. The first-order chi connectivity index (χ1) is 10.1. The van der Waals surface area contributed by atoms with E-state index in [1.54, 1.807) is 0 Å². The molecule has 1 atom stereocenters. The molecule has 1 unspecified atom stereocenters.